The van der Waals surface area contributed by atoms with Crippen molar-refractivity contribution in [3.63, 3.8) is 0 Å². The van der Waals surface area contributed by atoms with Crippen LogP contribution >= 0.6 is 0 Å². The van der Waals surface area contributed by atoms with Crippen molar-refractivity contribution in [1.29, 1.82) is 0 Å². The van der Waals surface area contributed by atoms with Gasteiger partial charge >= 0.3 is 0 Å². The summed E-state index contributed by atoms with van der Waals surface area (Å²) in [6.45, 7) is 5.59. The second-order valence-corrected chi connectivity index (χ2v) is 8.89. The molecular weight excluding hydrogens is 410 g/mol. The normalized spacial score (nSPS) is 18.4. The Hall–Kier alpha value is -3.44. The number of hydrogen-bond acceptors (Lipinski definition) is 3. The van der Waals surface area contributed by atoms with Crippen molar-refractivity contribution < 1.29 is 9.59 Å². The molecule has 1 saturated heterocycles. The average molecular weight is 440 g/mol. The van der Waals surface area contributed by atoms with Crippen molar-refractivity contribution in [2.45, 2.75) is 25.9 Å². The molecule has 5 nitrogen and oxygen atoms in total. The van der Waals surface area contributed by atoms with E-state index < -0.39 is 0 Å². The summed E-state index contributed by atoms with van der Waals surface area (Å²) in [5.74, 6) is 0.0691. The molecule has 0 unspecified atom stereocenters. The Morgan fingerprint density at radius 2 is 1.61 bits per heavy atom. The van der Waals surface area contributed by atoms with Crippen molar-refractivity contribution in [3.8, 4) is 0 Å². The van der Waals surface area contributed by atoms with Gasteiger partial charge in [0.15, 0.2) is 0 Å². The van der Waals surface area contributed by atoms with E-state index in [1.54, 1.807) is 11.8 Å². The number of rotatable bonds is 4. The van der Waals surface area contributed by atoms with Gasteiger partial charge in [0.1, 0.15) is 0 Å². The van der Waals surface area contributed by atoms with E-state index in [0.717, 1.165) is 30.8 Å². The minimum atomic E-state index is -0.245. The molecule has 2 aliphatic heterocycles. The van der Waals surface area contributed by atoms with E-state index in [1.807, 2.05) is 41.4 Å². The molecular formula is C28H29N3O2. The molecule has 0 aliphatic carbocycles. The maximum absolute atomic E-state index is 13.2. The zero-order valence-corrected chi connectivity index (χ0v) is 19.0. The van der Waals surface area contributed by atoms with Crippen LogP contribution in [0, 0.1) is 0 Å². The molecule has 2 heterocycles. The minimum absolute atomic E-state index is 0.0431. The van der Waals surface area contributed by atoms with Gasteiger partial charge in [0.05, 0.1) is 12.5 Å². The van der Waals surface area contributed by atoms with E-state index in [-0.39, 0.29) is 17.9 Å². The lowest BCUT2D eigenvalue weighted by molar-refractivity contribution is -0.136. The highest BCUT2D eigenvalue weighted by Crippen LogP contribution is 2.33. The molecule has 2 amide bonds. The fourth-order valence-electron chi connectivity index (χ4n) is 5.03. The van der Waals surface area contributed by atoms with Crippen LogP contribution in [0.4, 0.5) is 0 Å². The third-order valence-electron chi connectivity index (χ3n) is 6.84. The maximum atomic E-state index is 13.2. The molecule has 3 aromatic carbocycles. The van der Waals surface area contributed by atoms with Gasteiger partial charge in [-0.05, 0) is 33.5 Å². The summed E-state index contributed by atoms with van der Waals surface area (Å²) in [4.78, 5) is 31.5. The molecule has 168 valence electrons. The van der Waals surface area contributed by atoms with Crippen molar-refractivity contribution in [1.82, 2.24) is 14.7 Å². The molecule has 0 radical (unpaired) electrons. The Balaban J connectivity index is 1.23. The van der Waals surface area contributed by atoms with Gasteiger partial charge in [-0.3, -0.25) is 14.5 Å². The highest BCUT2D eigenvalue weighted by Gasteiger charge is 2.31. The number of nitrogens with zero attached hydrogens (tertiary/aromatic N) is 3. The number of piperazine rings is 1. The Morgan fingerprint density at radius 3 is 2.42 bits per heavy atom. The molecule has 0 spiro atoms. The standard InChI is InChI=1S/C28H29N3O2/c1-21(32)31-14-13-23-8-3-5-12-26(23)27(31)19-28(33)30-17-15-29(16-18-30)20-24-10-6-9-22-7-2-4-11-25(22)24/h2-14,27H,15-20H2,1H3/t27-/m1/s1. The van der Waals surface area contributed by atoms with Crippen molar-refractivity contribution in [2.24, 2.45) is 0 Å². The number of carbonyl (C=O) groups is 2. The molecule has 1 fully saturated rings. The van der Waals surface area contributed by atoms with Gasteiger partial charge in [-0.15, -0.1) is 0 Å². The highest BCUT2D eigenvalue weighted by molar-refractivity contribution is 5.85. The highest BCUT2D eigenvalue weighted by atomic mass is 16.2. The van der Waals surface area contributed by atoms with E-state index in [0.29, 0.717) is 19.5 Å². The summed E-state index contributed by atoms with van der Waals surface area (Å²) >= 11 is 0. The van der Waals surface area contributed by atoms with Gasteiger partial charge in [0.25, 0.3) is 0 Å². The number of fused-ring (bicyclic) bond motifs is 2. The van der Waals surface area contributed by atoms with Crippen LogP contribution in [-0.4, -0.2) is 52.7 Å². The fraction of sp³-hybridized carbons (Fsp3) is 0.286. The first-order valence-electron chi connectivity index (χ1n) is 11.6. The number of amides is 2. The molecule has 1 atom stereocenters. The van der Waals surface area contributed by atoms with Crippen LogP contribution in [-0.2, 0) is 16.1 Å². The molecule has 0 saturated carbocycles. The van der Waals surface area contributed by atoms with Gasteiger partial charge in [-0.2, -0.15) is 0 Å². The summed E-state index contributed by atoms with van der Waals surface area (Å²) < 4.78 is 0. The third kappa shape index (κ3) is 4.41. The summed E-state index contributed by atoms with van der Waals surface area (Å²) in [5, 5.41) is 2.56. The van der Waals surface area contributed by atoms with Crippen LogP contribution in [0.5, 0.6) is 0 Å². The van der Waals surface area contributed by atoms with Crippen LogP contribution in [0.3, 0.4) is 0 Å². The number of benzene rings is 3. The van der Waals surface area contributed by atoms with Gasteiger partial charge in [-0.1, -0.05) is 66.7 Å². The Kier molecular flexibility index (Phi) is 5.97. The summed E-state index contributed by atoms with van der Waals surface area (Å²) in [6, 6.07) is 22.7. The lowest BCUT2D eigenvalue weighted by Gasteiger charge is -2.37. The van der Waals surface area contributed by atoms with E-state index in [1.165, 1.54) is 16.3 Å². The molecule has 0 N–H and O–H groups in total. The van der Waals surface area contributed by atoms with Crippen LogP contribution in [0.2, 0.25) is 0 Å². The predicted molar refractivity (Wildman–Crippen MR) is 131 cm³/mol. The molecule has 33 heavy (non-hydrogen) atoms. The van der Waals surface area contributed by atoms with Crippen LogP contribution < -0.4 is 0 Å². The topological polar surface area (TPSA) is 43.9 Å². The second kappa shape index (κ2) is 9.20. The zero-order chi connectivity index (χ0) is 22.8. The quantitative estimate of drug-likeness (QED) is 0.603. The molecule has 3 aromatic rings. The Bertz CT molecular complexity index is 1210. The maximum Gasteiger partial charge on any atom is 0.225 e. The zero-order valence-electron chi connectivity index (χ0n) is 19.0. The van der Waals surface area contributed by atoms with Gasteiger partial charge in [0, 0.05) is 45.8 Å². The average Bonchev–Trinajstić information content (AvgIpc) is 2.84. The third-order valence-corrected chi connectivity index (χ3v) is 6.84. The fourth-order valence-corrected chi connectivity index (χ4v) is 5.03. The van der Waals surface area contributed by atoms with Crippen LogP contribution in [0.15, 0.2) is 72.9 Å². The van der Waals surface area contributed by atoms with Crippen LogP contribution in [0.25, 0.3) is 16.8 Å². The Labute approximate surface area is 194 Å². The van der Waals surface area contributed by atoms with Crippen molar-refractivity contribution >= 4 is 28.7 Å². The monoisotopic (exact) mass is 439 g/mol. The van der Waals surface area contributed by atoms with Gasteiger partial charge < -0.3 is 9.80 Å². The summed E-state index contributed by atoms with van der Waals surface area (Å²) in [5.41, 5.74) is 3.45. The van der Waals surface area contributed by atoms with Crippen molar-refractivity contribution in [3.05, 3.63) is 89.6 Å². The lowest BCUT2D eigenvalue weighted by Crippen LogP contribution is -2.49. The second-order valence-electron chi connectivity index (χ2n) is 8.89. The first-order chi connectivity index (χ1) is 16.1. The van der Waals surface area contributed by atoms with Crippen LogP contribution in [0.1, 0.15) is 36.1 Å². The summed E-state index contributed by atoms with van der Waals surface area (Å²) in [6.07, 6.45) is 4.07. The van der Waals surface area contributed by atoms with E-state index in [9.17, 15) is 9.59 Å². The van der Waals surface area contributed by atoms with Crippen molar-refractivity contribution in [2.75, 3.05) is 26.2 Å². The number of hydrogen-bond donors (Lipinski definition) is 0. The lowest BCUT2D eigenvalue weighted by atomic mass is 9.93. The first kappa shape index (κ1) is 21.4. The molecule has 0 aromatic heterocycles. The predicted octanol–water partition coefficient (Wildman–Crippen LogP) is 4.45. The smallest absolute Gasteiger partial charge is 0.225 e. The van der Waals surface area contributed by atoms with Gasteiger partial charge in [0.2, 0.25) is 11.8 Å². The molecule has 5 rings (SSSR count). The largest absolute Gasteiger partial charge is 0.340 e. The minimum Gasteiger partial charge on any atom is -0.340 e. The molecule has 2 aliphatic rings. The Morgan fingerprint density at radius 1 is 0.879 bits per heavy atom. The number of carbonyl (C=O) groups excluding carboxylic acids is 2. The molecule has 0 bridgehead atoms. The van der Waals surface area contributed by atoms with E-state index in [4.69, 9.17) is 0 Å². The van der Waals surface area contributed by atoms with E-state index in [2.05, 4.69) is 47.4 Å². The molecule has 5 heteroatoms. The summed E-state index contributed by atoms with van der Waals surface area (Å²) in [7, 11) is 0. The SMILES string of the molecule is CC(=O)N1C=Cc2ccccc2[C@H]1CC(=O)N1CCN(Cc2cccc3ccccc23)CC1. The van der Waals surface area contributed by atoms with Gasteiger partial charge in [-0.25, -0.2) is 0 Å². The van der Waals surface area contributed by atoms with E-state index >= 15 is 0 Å². The first-order valence-corrected chi connectivity index (χ1v) is 11.6.